The van der Waals surface area contributed by atoms with Crippen LogP contribution >= 0.6 is 0 Å². The molecular weight excluding hydrogens is 392 g/mol. The molecule has 0 saturated carbocycles. The molecule has 31 heavy (non-hydrogen) atoms. The standard InChI is InChI=1S/C25H24N2O4/c1-29-23-15-7-5-10-20(23)11-9-17-26-27-25(28)22-14-6-8-16-24(22)31-19-18-30-21-12-3-2-4-13-21/h2-17H,18-19H2,1H3,(H,27,28)/b11-9+,26-17-. The molecule has 0 spiro atoms. The molecule has 0 bridgehead atoms. The van der Waals surface area contributed by atoms with Crippen molar-refractivity contribution < 1.29 is 19.0 Å². The molecule has 0 unspecified atom stereocenters. The summed E-state index contributed by atoms with van der Waals surface area (Å²) in [5.74, 6) is 1.64. The fourth-order valence-electron chi connectivity index (χ4n) is 2.76. The largest absolute Gasteiger partial charge is 0.496 e. The summed E-state index contributed by atoms with van der Waals surface area (Å²) in [6.07, 6.45) is 5.07. The van der Waals surface area contributed by atoms with Crippen LogP contribution < -0.4 is 19.6 Å². The summed E-state index contributed by atoms with van der Waals surface area (Å²) in [7, 11) is 1.62. The molecule has 3 rings (SSSR count). The highest BCUT2D eigenvalue weighted by Gasteiger charge is 2.11. The van der Waals surface area contributed by atoms with E-state index in [1.807, 2.05) is 66.7 Å². The maximum Gasteiger partial charge on any atom is 0.275 e. The average Bonchev–Trinajstić information content (AvgIpc) is 2.82. The first-order chi connectivity index (χ1) is 15.3. The second-order valence-electron chi connectivity index (χ2n) is 6.33. The number of hydrogen-bond donors (Lipinski definition) is 1. The van der Waals surface area contributed by atoms with Gasteiger partial charge in [-0.15, -0.1) is 0 Å². The Morgan fingerprint density at radius 3 is 2.35 bits per heavy atom. The Morgan fingerprint density at radius 2 is 1.55 bits per heavy atom. The Morgan fingerprint density at radius 1 is 0.871 bits per heavy atom. The van der Waals surface area contributed by atoms with Gasteiger partial charge in [0.1, 0.15) is 30.5 Å². The van der Waals surface area contributed by atoms with E-state index < -0.39 is 0 Å². The van der Waals surface area contributed by atoms with Crippen molar-refractivity contribution in [1.29, 1.82) is 0 Å². The van der Waals surface area contributed by atoms with Crippen LogP contribution in [0.4, 0.5) is 0 Å². The molecule has 3 aromatic carbocycles. The molecule has 158 valence electrons. The molecule has 0 fully saturated rings. The Bertz CT molecular complexity index is 1030. The van der Waals surface area contributed by atoms with Crippen LogP contribution in [0.25, 0.3) is 6.08 Å². The molecule has 0 atom stereocenters. The molecule has 0 aliphatic heterocycles. The van der Waals surface area contributed by atoms with Crippen LogP contribution in [-0.2, 0) is 0 Å². The zero-order chi connectivity index (χ0) is 21.7. The van der Waals surface area contributed by atoms with Crippen LogP contribution in [0.1, 0.15) is 15.9 Å². The van der Waals surface area contributed by atoms with Gasteiger partial charge in [-0.1, -0.05) is 48.5 Å². The van der Waals surface area contributed by atoms with E-state index in [0.717, 1.165) is 17.1 Å². The molecule has 6 heteroatoms. The normalized spacial score (nSPS) is 10.9. The van der Waals surface area contributed by atoms with Gasteiger partial charge in [-0.3, -0.25) is 4.79 Å². The number of allylic oxidation sites excluding steroid dienone is 1. The molecule has 1 amide bonds. The number of amides is 1. The van der Waals surface area contributed by atoms with Gasteiger partial charge in [-0.2, -0.15) is 5.10 Å². The third kappa shape index (κ3) is 6.75. The number of carbonyl (C=O) groups is 1. The van der Waals surface area contributed by atoms with Gasteiger partial charge >= 0.3 is 0 Å². The van der Waals surface area contributed by atoms with Gasteiger partial charge in [0.05, 0.1) is 12.7 Å². The predicted octanol–water partition coefficient (Wildman–Crippen LogP) is 4.58. The van der Waals surface area contributed by atoms with E-state index in [9.17, 15) is 4.79 Å². The number of para-hydroxylation sites is 3. The summed E-state index contributed by atoms with van der Waals surface area (Å²) in [4.78, 5) is 12.5. The zero-order valence-corrected chi connectivity index (χ0v) is 17.2. The van der Waals surface area contributed by atoms with Crippen molar-refractivity contribution in [3.63, 3.8) is 0 Å². The third-order valence-corrected chi connectivity index (χ3v) is 4.23. The lowest BCUT2D eigenvalue weighted by molar-refractivity contribution is 0.0950. The van der Waals surface area contributed by atoms with Gasteiger partial charge in [-0.05, 0) is 42.5 Å². The summed E-state index contributed by atoms with van der Waals surface area (Å²) in [5.41, 5.74) is 3.82. The number of ether oxygens (including phenoxy) is 3. The second-order valence-corrected chi connectivity index (χ2v) is 6.33. The summed E-state index contributed by atoms with van der Waals surface area (Å²) < 4.78 is 16.6. The first kappa shape index (κ1) is 21.6. The Labute approximate surface area is 181 Å². The molecule has 0 heterocycles. The van der Waals surface area contributed by atoms with Crippen LogP contribution in [0.3, 0.4) is 0 Å². The minimum Gasteiger partial charge on any atom is -0.496 e. The number of benzene rings is 3. The van der Waals surface area contributed by atoms with E-state index in [4.69, 9.17) is 14.2 Å². The van der Waals surface area contributed by atoms with E-state index in [0.29, 0.717) is 24.5 Å². The van der Waals surface area contributed by atoms with Crippen molar-refractivity contribution in [2.75, 3.05) is 20.3 Å². The third-order valence-electron chi connectivity index (χ3n) is 4.23. The van der Waals surface area contributed by atoms with Crippen LogP contribution in [0.15, 0.2) is 90.0 Å². The van der Waals surface area contributed by atoms with Crippen molar-refractivity contribution in [2.24, 2.45) is 5.10 Å². The fraction of sp³-hybridized carbons (Fsp3) is 0.120. The molecular formula is C25H24N2O4. The summed E-state index contributed by atoms with van der Waals surface area (Å²) in [5, 5.41) is 3.96. The van der Waals surface area contributed by atoms with Crippen LogP contribution in [0.2, 0.25) is 0 Å². The number of rotatable bonds is 10. The molecule has 3 aromatic rings. The SMILES string of the molecule is COc1ccccc1/C=C/C=N\NC(=O)c1ccccc1OCCOc1ccccc1. The molecule has 0 aromatic heterocycles. The van der Waals surface area contributed by atoms with Gasteiger partial charge in [0.15, 0.2) is 0 Å². The first-order valence-corrected chi connectivity index (χ1v) is 9.80. The minimum atomic E-state index is -0.360. The Balaban J connectivity index is 1.51. The van der Waals surface area contributed by atoms with Crippen molar-refractivity contribution in [3.05, 3.63) is 96.1 Å². The van der Waals surface area contributed by atoms with E-state index in [1.54, 1.807) is 31.4 Å². The highest BCUT2D eigenvalue weighted by atomic mass is 16.5. The quantitative estimate of drug-likeness (QED) is 0.298. The van der Waals surface area contributed by atoms with Gasteiger partial charge in [0, 0.05) is 11.8 Å². The number of nitrogens with one attached hydrogen (secondary N) is 1. The zero-order valence-electron chi connectivity index (χ0n) is 17.2. The monoisotopic (exact) mass is 416 g/mol. The van der Waals surface area contributed by atoms with E-state index in [-0.39, 0.29) is 5.91 Å². The maximum absolute atomic E-state index is 12.5. The fourth-order valence-corrected chi connectivity index (χ4v) is 2.76. The molecule has 1 N–H and O–H groups in total. The second kappa shape index (κ2) is 11.8. The molecule has 0 aliphatic rings. The summed E-state index contributed by atoms with van der Waals surface area (Å²) in [6.45, 7) is 0.677. The van der Waals surface area contributed by atoms with Gasteiger partial charge < -0.3 is 14.2 Å². The lowest BCUT2D eigenvalue weighted by atomic mass is 10.2. The lowest BCUT2D eigenvalue weighted by Crippen LogP contribution is -2.19. The predicted molar refractivity (Wildman–Crippen MR) is 122 cm³/mol. The number of hydrazone groups is 1. The average molecular weight is 416 g/mol. The number of hydrogen-bond acceptors (Lipinski definition) is 5. The molecule has 0 aliphatic carbocycles. The topological polar surface area (TPSA) is 69.2 Å². The van der Waals surface area contributed by atoms with Gasteiger partial charge in [0.25, 0.3) is 5.91 Å². The number of nitrogens with zero attached hydrogens (tertiary/aromatic N) is 1. The van der Waals surface area contributed by atoms with Gasteiger partial charge in [0.2, 0.25) is 0 Å². The summed E-state index contributed by atoms with van der Waals surface area (Å²) in [6, 6.07) is 24.1. The summed E-state index contributed by atoms with van der Waals surface area (Å²) >= 11 is 0. The van der Waals surface area contributed by atoms with E-state index >= 15 is 0 Å². The van der Waals surface area contributed by atoms with E-state index in [2.05, 4.69) is 10.5 Å². The Kier molecular flexibility index (Phi) is 8.26. The van der Waals surface area contributed by atoms with Crippen molar-refractivity contribution >= 4 is 18.2 Å². The number of methoxy groups -OCH3 is 1. The minimum absolute atomic E-state index is 0.310. The maximum atomic E-state index is 12.5. The highest BCUT2D eigenvalue weighted by molar-refractivity contribution is 5.97. The van der Waals surface area contributed by atoms with Gasteiger partial charge in [-0.25, -0.2) is 5.43 Å². The van der Waals surface area contributed by atoms with Crippen LogP contribution in [-0.4, -0.2) is 32.4 Å². The van der Waals surface area contributed by atoms with Crippen LogP contribution in [0.5, 0.6) is 17.2 Å². The smallest absolute Gasteiger partial charge is 0.275 e. The lowest BCUT2D eigenvalue weighted by Gasteiger charge is -2.11. The first-order valence-electron chi connectivity index (χ1n) is 9.80. The molecule has 0 saturated heterocycles. The highest BCUT2D eigenvalue weighted by Crippen LogP contribution is 2.19. The van der Waals surface area contributed by atoms with E-state index in [1.165, 1.54) is 6.21 Å². The van der Waals surface area contributed by atoms with Crippen LogP contribution in [0, 0.1) is 0 Å². The van der Waals surface area contributed by atoms with Crippen molar-refractivity contribution in [3.8, 4) is 17.2 Å². The Hall–Kier alpha value is -4.06. The number of carbonyl (C=O) groups excluding carboxylic acids is 1. The molecule has 0 radical (unpaired) electrons. The van der Waals surface area contributed by atoms with Crippen molar-refractivity contribution in [1.82, 2.24) is 5.43 Å². The molecule has 6 nitrogen and oxygen atoms in total. The van der Waals surface area contributed by atoms with Crippen molar-refractivity contribution in [2.45, 2.75) is 0 Å².